The number of H-pyrrole nitrogens is 1. The fourth-order valence-corrected chi connectivity index (χ4v) is 2.10. The molecule has 80 valence electrons. The first-order valence-electron chi connectivity index (χ1n) is 4.32. The minimum absolute atomic E-state index is 0.286. The van der Waals surface area contributed by atoms with E-state index in [0.717, 1.165) is 5.82 Å². The molecule has 0 unspecified atom stereocenters. The Kier molecular flexibility index (Phi) is 3.08. The number of halogens is 1. The SMILES string of the molecule is Cc1nc(Sc2cc(C#N)cc(Cl)n2)n[nH]1. The summed E-state index contributed by atoms with van der Waals surface area (Å²) >= 11 is 7.03. The van der Waals surface area contributed by atoms with Crippen molar-refractivity contribution < 1.29 is 0 Å². The Morgan fingerprint density at radius 3 is 2.88 bits per heavy atom. The Hall–Kier alpha value is -1.58. The maximum absolute atomic E-state index is 8.77. The van der Waals surface area contributed by atoms with Crippen LogP contribution in [0.25, 0.3) is 0 Å². The van der Waals surface area contributed by atoms with E-state index in [1.807, 2.05) is 13.0 Å². The maximum atomic E-state index is 8.77. The summed E-state index contributed by atoms with van der Waals surface area (Å²) in [4.78, 5) is 8.19. The molecule has 0 aliphatic rings. The molecule has 2 heterocycles. The summed E-state index contributed by atoms with van der Waals surface area (Å²) in [5.41, 5.74) is 0.467. The van der Waals surface area contributed by atoms with E-state index in [-0.39, 0.29) is 5.15 Å². The number of aromatic amines is 1. The zero-order valence-corrected chi connectivity index (χ0v) is 9.80. The first-order chi connectivity index (χ1) is 7.67. The van der Waals surface area contributed by atoms with E-state index in [0.29, 0.717) is 15.7 Å². The van der Waals surface area contributed by atoms with Crippen molar-refractivity contribution in [3.63, 3.8) is 0 Å². The number of hydrogen-bond acceptors (Lipinski definition) is 5. The van der Waals surface area contributed by atoms with E-state index in [1.54, 1.807) is 6.07 Å². The van der Waals surface area contributed by atoms with Gasteiger partial charge in [-0.25, -0.2) is 9.97 Å². The molecule has 0 aromatic carbocycles. The average molecular weight is 252 g/mol. The molecule has 2 aromatic heterocycles. The van der Waals surface area contributed by atoms with Gasteiger partial charge in [0, 0.05) is 0 Å². The average Bonchev–Trinajstić information content (AvgIpc) is 2.63. The molecule has 0 atom stereocenters. The lowest BCUT2D eigenvalue weighted by molar-refractivity contribution is 0.964. The number of aromatic nitrogens is 4. The van der Waals surface area contributed by atoms with Gasteiger partial charge in [-0.3, -0.25) is 5.10 Å². The van der Waals surface area contributed by atoms with Gasteiger partial charge in [-0.05, 0) is 30.8 Å². The molecule has 0 aliphatic carbocycles. The number of nitrogens with one attached hydrogen (secondary N) is 1. The van der Waals surface area contributed by atoms with E-state index >= 15 is 0 Å². The normalized spacial score (nSPS) is 10.1. The van der Waals surface area contributed by atoms with Gasteiger partial charge in [0.1, 0.15) is 16.0 Å². The van der Waals surface area contributed by atoms with Crippen molar-refractivity contribution in [3.05, 3.63) is 28.7 Å². The van der Waals surface area contributed by atoms with E-state index in [9.17, 15) is 0 Å². The highest BCUT2D eigenvalue weighted by molar-refractivity contribution is 7.99. The van der Waals surface area contributed by atoms with Crippen LogP contribution in [0.1, 0.15) is 11.4 Å². The minimum atomic E-state index is 0.286. The van der Waals surface area contributed by atoms with Gasteiger partial charge in [-0.1, -0.05) is 11.6 Å². The molecule has 0 bridgehead atoms. The first kappa shape index (κ1) is 10.9. The minimum Gasteiger partial charge on any atom is -0.262 e. The van der Waals surface area contributed by atoms with E-state index in [2.05, 4.69) is 20.2 Å². The second-order valence-electron chi connectivity index (χ2n) is 2.93. The molecule has 1 N–H and O–H groups in total. The van der Waals surface area contributed by atoms with E-state index < -0.39 is 0 Å². The highest BCUT2D eigenvalue weighted by atomic mass is 35.5. The summed E-state index contributed by atoms with van der Waals surface area (Å²) in [7, 11) is 0. The maximum Gasteiger partial charge on any atom is 0.214 e. The lowest BCUT2D eigenvalue weighted by Gasteiger charge is -1.97. The molecule has 5 nitrogen and oxygen atoms in total. The smallest absolute Gasteiger partial charge is 0.214 e. The molecule has 0 fully saturated rings. The molecule has 2 rings (SSSR count). The van der Waals surface area contributed by atoms with Crippen LogP contribution >= 0.6 is 23.4 Å². The fourth-order valence-electron chi connectivity index (χ4n) is 1.05. The molecule has 16 heavy (non-hydrogen) atoms. The number of pyridine rings is 1. The number of rotatable bonds is 2. The first-order valence-corrected chi connectivity index (χ1v) is 5.51. The Balaban J connectivity index is 2.28. The van der Waals surface area contributed by atoms with Crippen LogP contribution < -0.4 is 0 Å². The van der Waals surface area contributed by atoms with Crippen LogP contribution in [0.3, 0.4) is 0 Å². The van der Waals surface area contributed by atoms with Gasteiger partial charge in [0.2, 0.25) is 5.16 Å². The van der Waals surface area contributed by atoms with Crippen molar-refractivity contribution in [3.8, 4) is 6.07 Å². The van der Waals surface area contributed by atoms with Gasteiger partial charge in [-0.15, -0.1) is 5.10 Å². The monoisotopic (exact) mass is 251 g/mol. The standard InChI is InChI=1S/C9H6ClN5S/c1-5-12-9(15-14-5)16-8-3-6(4-11)2-7(10)13-8/h2-3H,1H3,(H,12,14,15). The molecule has 0 radical (unpaired) electrons. The Labute approximate surface area is 101 Å². The Bertz CT molecular complexity index is 559. The molecular weight excluding hydrogens is 246 g/mol. The largest absolute Gasteiger partial charge is 0.262 e. The number of aryl methyl sites for hydroxylation is 1. The molecule has 0 spiro atoms. The van der Waals surface area contributed by atoms with Crippen molar-refractivity contribution in [2.24, 2.45) is 0 Å². The lowest BCUT2D eigenvalue weighted by atomic mass is 10.3. The second kappa shape index (κ2) is 4.51. The van der Waals surface area contributed by atoms with Crippen molar-refractivity contribution in [2.75, 3.05) is 0 Å². The number of nitriles is 1. The highest BCUT2D eigenvalue weighted by Crippen LogP contribution is 2.24. The fraction of sp³-hybridized carbons (Fsp3) is 0.111. The predicted molar refractivity (Wildman–Crippen MR) is 59.2 cm³/mol. The second-order valence-corrected chi connectivity index (χ2v) is 4.31. The zero-order valence-electron chi connectivity index (χ0n) is 8.23. The summed E-state index contributed by atoms with van der Waals surface area (Å²) in [6, 6.07) is 5.16. The van der Waals surface area contributed by atoms with Crippen LogP contribution in [0.2, 0.25) is 5.15 Å². The van der Waals surface area contributed by atoms with Crippen LogP contribution in [-0.4, -0.2) is 20.2 Å². The van der Waals surface area contributed by atoms with Gasteiger partial charge in [0.25, 0.3) is 0 Å². The Morgan fingerprint density at radius 1 is 1.44 bits per heavy atom. The molecule has 7 heteroatoms. The van der Waals surface area contributed by atoms with Gasteiger partial charge in [-0.2, -0.15) is 5.26 Å². The van der Waals surface area contributed by atoms with Gasteiger partial charge in [0.15, 0.2) is 0 Å². The molecule has 0 aliphatic heterocycles. The molecule has 2 aromatic rings. The Morgan fingerprint density at radius 2 is 2.25 bits per heavy atom. The summed E-state index contributed by atoms with van der Waals surface area (Å²) < 4.78 is 0. The lowest BCUT2D eigenvalue weighted by Crippen LogP contribution is -1.85. The molecule has 0 amide bonds. The highest BCUT2D eigenvalue weighted by Gasteiger charge is 2.06. The summed E-state index contributed by atoms with van der Waals surface area (Å²) in [5, 5.41) is 16.9. The predicted octanol–water partition coefficient (Wildman–Crippen LogP) is 2.18. The zero-order chi connectivity index (χ0) is 11.5. The summed E-state index contributed by atoms with van der Waals surface area (Å²) in [6.45, 7) is 1.81. The van der Waals surface area contributed by atoms with Gasteiger partial charge in [0.05, 0.1) is 11.6 Å². The third kappa shape index (κ3) is 2.51. The van der Waals surface area contributed by atoms with Crippen molar-refractivity contribution in [1.29, 1.82) is 5.26 Å². The molecular formula is C9H6ClN5S. The van der Waals surface area contributed by atoms with Gasteiger partial charge >= 0.3 is 0 Å². The topological polar surface area (TPSA) is 78.2 Å². The van der Waals surface area contributed by atoms with Crippen LogP contribution in [0.4, 0.5) is 0 Å². The molecule has 0 saturated carbocycles. The summed E-state index contributed by atoms with van der Waals surface area (Å²) in [5.74, 6) is 0.727. The van der Waals surface area contributed by atoms with Crippen molar-refractivity contribution in [2.45, 2.75) is 17.1 Å². The number of hydrogen-bond donors (Lipinski definition) is 1. The van der Waals surface area contributed by atoms with Crippen LogP contribution in [-0.2, 0) is 0 Å². The van der Waals surface area contributed by atoms with E-state index in [4.69, 9.17) is 16.9 Å². The molecule has 0 saturated heterocycles. The van der Waals surface area contributed by atoms with E-state index in [1.165, 1.54) is 17.8 Å². The van der Waals surface area contributed by atoms with Crippen molar-refractivity contribution >= 4 is 23.4 Å². The van der Waals surface area contributed by atoms with Gasteiger partial charge < -0.3 is 0 Å². The third-order valence-corrected chi connectivity index (χ3v) is 2.65. The summed E-state index contributed by atoms with van der Waals surface area (Å²) in [6.07, 6.45) is 0. The van der Waals surface area contributed by atoms with Crippen LogP contribution in [0, 0.1) is 18.3 Å². The van der Waals surface area contributed by atoms with Crippen LogP contribution in [0.15, 0.2) is 22.3 Å². The van der Waals surface area contributed by atoms with Crippen LogP contribution in [0.5, 0.6) is 0 Å². The number of nitrogens with zero attached hydrogens (tertiary/aromatic N) is 4. The van der Waals surface area contributed by atoms with Crippen molar-refractivity contribution in [1.82, 2.24) is 20.2 Å². The quantitative estimate of drug-likeness (QED) is 0.828. The third-order valence-electron chi connectivity index (χ3n) is 1.67.